The molecule has 126 valence electrons. The van der Waals surface area contributed by atoms with Crippen LogP contribution in [0.4, 0.5) is 0 Å². The highest BCUT2D eigenvalue weighted by atomic mass is 16.6. The monoisotopic (exact) mass is 331 g/mol. The highest BCUT2D eigenvalue weighted by Gasteiger charge is 2.19. The molecule has 1 aromatic carbocycles. The maximum Gasteiger partial charge on any atom is 0.349 e. The van der Waals surface area contributed by atoms with E-state index in [1.165, 1.54) is 38.6 Å². The highest BCUT2D eigenvalue weighted by molar-refractivity contribution is 5.94. The molecule has 0 unspecified atom stereocenters. The first-order valence-corrected chi connectivity index (χ1v) is 7.17. The van der Waals surface area contributed by atoms with Gasteiger partial charge in [-0.05, 0) is 37.3 Å². The van der Waals surface area contributed by atoms with Crippen LogP contribution in [0.25, 0.3) is 0 Å². The van der Waals surface area contributed by atoms with Crippen LogP contribution >= 0.6 is 0 Å². The van der Waals surface area contributed by atoms with E-state index < -0.39 is 11.9 Å². The Bertz CT molecular complexity index is 744. The van der Waals surface area contributed by atoms with E-state index in [-0.39, 0.29) is 28.5 Å². The molecular weight excluding hydrogens is 314 g/mol. The molecule has 0 amide bonds. The summed E-state index contributed by atoms with van der Waals surface area (Å²) >= 11 is 0. The van der Waals surface area contributed by atoms with Crippen LogP contribution in [0, 0.1) is 0 Å². The van der Waals surface area contributed by atoms with Crippen molar-refractivity contribution in [2.24, 2.45) is 0 Å². The number of nitrogens with zero attached hydrogens (tertiary/aromatic N) is 1. The molecule has 1 aromatic heterocycles. The van der Waals surface area contributed by atoms with Crippen LogP contribution in [0.2, 0.25) is 0 Å². The first kappa shape index (κ1) is 17.3. The third-order valence-corrected chi connectivity index (χ3v) is 3.06. The minimum absolute atomic E-state index is 0.168. The van der Waals surface area contributed by atoms with Gasteiger partial charge in [-0.25, -0.2) is 14.6 Å². The molecule has 0 atom stereocenters. The normalized spacial score (nSPS) is 9.96. The van der Waals surface area contributed by atoms with Crippen LogP contribution in [0.1, 0.15) is 27.6 Å². The average Bonchev–Trinajstić information content (AvgIpc) is 2.62. The zero-order valence-corrected chi connectivity index (χ0v) is 13.6. The fourth-order valence-electron chi connectivity index (χ4n) is 1.95. The number of benzene rings is 1. The third-order valence-electron chi connectivity index (χ3n) is 3.06. The summed E-state index contributed by atoms with van der Waals surface area (Å²) in [5.41, 5.74) is 0.476. The third kappa shape index (κ3) is 3.81. The number of carbonyl (C=O) groups is 2. The van der Waals surface area contributed by atoms with Gasteiger partial charge in [0.2, 0.25) is 5.88 Å². The Balaban J connectivity index is 2.27. The molecule has 0 aliphatic rings. The van der Waals surface area contributed by atoms with Crippen molar-refractivity contribution in [1.29, 1.82) is 0 Å². The quantitative estimate of drug-likeness (QED) is 0.594. The Hall–Kier alpha value is -3.09. The fourth-order valence-corrected chi connectivity index (χ4v) is 1.95. The molecule has 2 rings (SSSR count). The van der Waals surface area contributed by atoms with E-state index in [0.717, 1.165) is 0 Å². The van der Waals surface area contributed by atoms with Gasteiger partial charge in [0.25, 0.3) is 0 Å². The van der Waals surface area contributed by atoms with E-state index in [1.54, 1.807) is 19.1 Å². The minimum atomic E-state index is -0.643. The molecule has 0 saturated carbocycles. The highest BCUT2D eigenvalue weighted by Crippen LogP contribution is 2.29. The zero-order chi connectivity index (χ0) is 17.5. The molecule has 0 spiro atoms. The van der Waals surface area contributed by atoms with Gasteiger partial charge in [-0.3, -0.25) is 0 Å². The number of rotatable bonds is 6. The number of hydrogen-bond donors (Lipinski definition) is 0. The van der Waals surface area contributed by atoms with Gasteiger partial charge in [0.1, 0.15) is 5.56 Å². The standard InChI is InChI=1S/C17H17NO6/c1-4-23-15-12(6-5-9-18-15)17(20)24-13-8-7-11(16(19)22-3)10-14(13)21-2/h5-10H,4H2,1-3H3. The second kappa shape index (κ2) is 7.96. The molecule has 1 heterocycles. The summed E-state index contributed by atoms with van der Waals surface area (Å²) in [6, 6.07) is 7.52. The average molecular weight is 331 g/mol. The first-order valence-electron chi connectivity index (χ1n) is 7.17. The van der Waals surface area contributed by atoms with Crippen molar-refractivity contribution >= 4 is 11.9 Å². The predicted molar refractivity (Wildman–Crippen MR) is 84.7 cm³/mol. The maximum atomic E-state index is 12.4. The van der Waals surface area contributed by atoms with E-state index >= 15 is 0 Å². The number of hydrogen-bond acceptors (Lipinski definition) is 7. The van der Waals surface area contributed by atoms with Gasteiger partial charge in [0.05, 0.1) is 26.4 Å². The van der Waals surface area contributed by atoms with Crippen molar-refractivity contribution in [2.75, 3.05) is 20.8 Å². The lowest BCUT2D eigenvalue weighted by atomic mass is 10.2. The molecule has 7 nitrogen and oxygen atoms in total. The Labute approximate surface area is 139 Å². The van der Waals surface area contributed by atoms with E-state index in [4.69, 9.17) is 14.2 Å². The minimum Gasteiger partial charge on any atom is -0.493 e. The molecule has 24 heavy (non-hydrogen) atoms. The fraction of sp³-hybridized carbons (Fsp3) is 0.235. The van der Waals surface area contributed by atoms with Gasteiger partial charge in [0, 0.05) is 6.20 Å². The summed E-state index contributed by atoms with van der Waals surface area (Å²) in [6.07, 6.45) is 1.52. The van der Waals surface area contributed by atoms with E-state index in [1.807, 2.05) is 0 Å². The van der Waals surface area contributed by atoms with Crippen molar-refractivity contribution in [2.45, 2.75) is 6.92 Å². The molecule has 0 bridgehead atoms. The lowest BCUT2D eigenvalue weighted by Crippen LogP contribution is -2.12. The van der Waals surface area contributed by atoms with Gasteiger partial charge in [0.15, 0.2) is 11.5 Å². The number of carbonyl (C=O) groups excluding carboxylic acids is 2. The Morgan fingerprint density at radius 2 is 1.88 bits per heavy atom. The Morgan fingerprint density at radius 1 is 1.08 bits per heavy atom. The molecule has 0 aliphatic heterocycles. The lowest BCUT2D eigenvalue weighted by Gasteiger charge is -2.12. The SMILES string of the molecule is CCOc1ncccc1C(=O)Oc1ccc(C(=O)OC)cc1OC. The van der Waals surface area contributed by atoms with E-state index in [9.17, 15) is 9.59 Å². The number of methoxy groups -OCH3 is 2. The van der Waals surface area contributed by atoms with Crippen LogP contribution in [-0.2, 0) is 4.74 Å². The first-order chi connectivity index (χ1) is 11.6. The molecule has 0 radical (unpaired) electrons. The predicted octanol–water partition coefficient (Wildman–Crippen LogP) is 2.49. The Kier molecular flexibility index (Phi) is 5.73. The molecule has 0 N–H and O–H groups in total. The van der Waals surface area contributed by atoms with Crippen LogP contribution in [-0.4, -0.2) is 37.7 Å². The van der Waals surface area contributed by atoms with Crippen LogP contribution in [0.5, 0.6) is 17.4 Å². The van der Waals surface area contributed by atoms with Crippen LogP contribution < -0.4 is 14.2 Å². The maximum absolute atomic E-state index is 12.4. The molecule has 2 aromatic rings. The number of esters is 2. The van der Waals surface area contributed by atoms with Crippen LogP contribution in [0.3, 0.4) is 0 Å². The summed E-state index contributed by atoms with van der Waals surface area (Å²) in [5, 5.41) is 0. The summed E-state index contributed by atoms with van der Waals surface area (Å²) in [5.74, 6) is -0.572. The lowest BCUT2D eigenvalue weighted by molar-refractivity contribution is 0.0600. The van der Waals surface area contributed by atoms with Gasteiger partial charge >= 0.3 is 11.9 Å². The van der Waals surface area contributed by atoms with E-state index in [2.05, 4.69) is 9.72 Å². The van der Waals surface area contributed by atoms with Crippen molar-refractivity contribution in [3.63, 3.8) is 0 Å². The van der Waals surface area contributed by atoms with Crippen molar-refractivity contribution < 1.29 is 28.5 Å². The second-order valence-corrected chi connectivity index (χ2v) is 4.54. The summed E-state index contributed by atoms with van der Waals surface area (Å²) < 4.78 is 20.5. The second-order valence-electron chi connectivity index (χ2n) is 4.54. The molecule has 0 saturated heterocycles. The van der Waals surface area contributed by atoms with Crippen LogP contribution in [0.15, 0.2) is 36.5 Å². The summed E-state index contributed by atoms with van der Waals surface area (Å²) in [6.45, 7) is 2.16. The summed E-state index contributed by atoms with van der Waals surface area (Å²) in [4.78, 5) is 27.9. The van der Waals surface area contributed by atoms with Crippen molar-refractivity contribution in [1.82, 2.24) is 4.98 Å². The molecule has 7 heteroatoms. The molecule has 0 aliphatic carbocycles. The Morgan fingerprint density at radius 3 is 2.54 bits per heavy atom. The van der Waals surface area contributed by atoms with E-state index in [0.29, 0.717) is 6.61 Å². The number of pyridine rings is 1. The van der Waals surface area contributed by atoms with Gasteiger partial charge in [-0.15, -0.1) is 0 Å². The smallest absolute Gasteiger partial charge is 0.349 e. The van der Waals surface area contributed by atoms with Gasteiger partial charge in [-0.1, -0.05) is 0 Å². The molecular formula is C17H17NO6. The number of aromatic nitrogens is 1. The van der Waals surface area contributed by atoms with Gasteiger partial charge < -0.3 is 18.9 Å². The molecule has 0 fully saturated rings. The number of ether oxygens (including phenoxy) is 4. The summed E-state index contributed by atoms with van der Waals surface area (Å²) in [7, 11) is 2.68. The topological polar surface area (TPSA) is 84.0 Å². The zero-order valence-electron chi connectivity index (χ0n) is 13.6. The largest absolute Gasteiger partial charge is 0.493 e. The van der Waals surface area contributed by atoms with Crippen molar-refractivity contribution in [3.05, 3.63) is 47.7 Å². The van der Waals surface area contributed by atoms with Gasteiger partial charge in [-0.2, -0.15) is 0 Å². The van der Waals surface area contributed by atoms with Crippen molar-refractivity contribution in [3.8, 4) is 17.4 Å².